The molecule has 1 saturated heterocycles. The number of carbonyl (C=O) groups excluding carboxylic acids is 3. The maximum Gasteiger partial charge on any atom is 0.414 e. The first-order valence-electron chi connectivity index (χ1n) is 11.0. The molecule has 3 amide bonds. The Hall–Kier alpha value is -4.59. The molecule has 192 valence electrons. The van der Waals surface area contributed by atoms with Crippen molar-refractivity contribution in [1.82, 2.24) is 10.3 Å². The van der Waals surface area contributed by atoms with Gasteiger partial charge in [0.2, 0.25) is 11.8 Å². The highest BCUT2D eigenvalue weighted by atomic mass is 32.1. The molecule has 3 N–H and O–H groups in total. The van der Waals surface area contributed by atoms with Crippen LogP contribution in [0, 0.1) is 15.9 Å². The Morgan fingerprint density at radius 1 is 1.27 bits per heavy atom. The number of nitrogens with zero attached hydrogens (tertiary/aromatic N) is 3. The number of ether oxygens (including phenoxy) is 1. The largest absolute Gasteiger partial charge is 0.442 e. The summed E-state index contributed by atoms with van der Waals surface area (Å²) in [5.74, 6) is -1.21. The normalized spacial score (nSPS) is 14.7. The maximum absolute atomic E-state index is 14.9. The van der Waals surface area contributed by atoms with Crippen LogP contribution >= 0.6 is 11.3 Å². The number of rotatable bonds is 9. The van der Waals surface area contributed by atoms with Gasteiger partial charge in [0.15, 0.2) is 5.13 Å². The van der Waals surface area contributed by atoms with Crippen LogP contribution in [0.1, 0.15) is 6.92 Å². The van der Waals surface area contributed by atoms with Gasteiger partial charge in [-0.1, -0.05) is 12.1 Å². The lowest BCUT2D eigenvalue weighted by Gasteiger charge is -2.15. The predicted molar refractivity (Wildman–Crippen MR) is 134 cm³/mol. The van der Waals surface area contributed by atoms with E-state index < -0.39 is 28.8 Å². The zero-order chi connectivity index (χ0) is 26.5. The van der Waals surface area contributed by atoms with E-state index in [1.54, 1.807) is 36.4 Å². The smallest absolute Gasteiger partial charge is 0.414 e. The summed E-state index contributed by atoms with van der Waals surface area (Å²) in [5, 5.41) is 18.6. The van der Waals surface area contributed by atoms with Gasteiger partial charge in [0.25, 0.3) is 0 Å². The first-order valence-corrected chi connectivity index (χ1v) is 11.8. The van der Waals surface area contributed by atoms with Gasteiger partial charge >= 0.3 is 11.1 Å². The van der Waals surface area contributed by atoms with Gasteiger partial charge in [0, 0.05) is 18.2 Å². The molecule has 1 fully saturated rings. The lowest BCUT2D eigenvalue weighted by molar-refractivity contribution is -0.380. The number of carbonyl (C=O) groups is 3. The zero-order valence-corrected chi connectivity index (χ0v) is 20.2. The van der Waals surface area contributed by atoms with Gasteiger partial charge in [-0.3, -0.25) is 24.6 Å². The molecule has 2 aromatic carbocycles. The average Bonchev–Trinajstić information content (AvgIpc) is 3.48. The molecule has 2 heterocycles. The van der Waals surface area contributed by atoms with E-state index in [1.165, 1.54) is 17.9 Å². The number of halogens is 1. The second kappa shape index (κ2) is 11.0. The number of anilines is 3. The molecule has 0 saturated carbocycles. The lowest BCUT2D eigenvalue weighted by atomic mass is 10.0. The number of nitrogens with one attached hydrogen (secondary N) is 3. The summed E-state index contributed by atoms with van der Waals surface area (Å²) < 4.78 is 20.1. The summed E-state index contributed by atoms with van der Waals surface area (Å²) >= 11 is 0.755. The van der Waals surface area contributed by atoms with E-state index in [1.807, 2.05) is 0 Å². The summed E-state index contributed by atoms with van der Waals surface area (Å²) in [6.07, 6.45) is -0.0729. The molecular weight excluding hydrogens is 507 g/mol. The van der Waals surface area contributed by atoms with E-state index in [4.69, 9.17) is 4.74 Å². The van der Waals surface area contributed by atoms with Crippen LogP contribution in [0.4, 0.5) is 30.7 Å². The molecule has 14 heteroatoms. The third-order valence-corrected chi connectivity index (χ3v) is 6.15. The number of cyclic esters (lactones) is 1. The van der Waals surface area contributed by atoms with E-state index in [0.29, 0.717) is 22.5 Å². The number of nitro groups is 1. The lowest BCUT2D eigenvalue weighted by Crippen LogP contribution is -2.33. The fourth-order valence-electron chi connectivity index (χ4n) is 3.52. The van der Waals surface area contributed by atoms with Crippen molar-refractivity contribution in [2.75, 3.05) is 35.2 Å². The van der Waals surface area contributed by atoms with E-state index in [9.17, 15) is 28.9 Å². The predicted octanol–water partition coefficient (Wildman–Crippen LogP) is 3.37. The van der Waals surface area contributed by atoms with E-state index >= 15 is 0 Å². The van der Waals surface area contributed by atoms with Gasteiger partial charge in [-0.05, 0) is 47.2 Å². The number of hydrogen-bond acceptors (Lipinski definition) is 9. The van der Waals surface area contributed by atoms with Crippen LogP contribution in [0.2, 0.25) is 0 Å². The highest BCUT2D eigenvalue weighted by Crippen LogP contribution is 2.30. The highest BCUT2D eigenvalue weighted by molar-refractivity contribution is 7.18. The van der Waals surface area contributed by atoms with Gasteiger partial charge in [0.05, 0.1) is 30.2 Å². The minimum Gasteiger partial charge on any atom is -0.442 e. The average molecular weight is 529 g/mol. The summed E-state index contributed by atoms with van der Waals surface area (Å²) in [4.78, 5) is 50.5. The molecule has 1 atom stereocenters. The number of benzene rings is 2. The Bertz CT molecular complexity index is 1350. The quantitative estimate of drug-likeness (QED) is 0.282. The number of thiazole rings is 1. The van der Waals surface area contributed by atoms with Crippen LogP contribution in [0.15, 0.2) is 48.7 Å². The molecule has 1 aliphatic heterocycles. The molecule has 0 aliphatic carbocycles. The Labute approximate surface area is 213 Å². The molecule has 3 aromatic rings. The SMILES string of the molecule is CC(=O)NCC1CN(c2ccc(-c3ccc(NCC(=O)Nc4ncc([N+](=O)[O-])s4)cc3)c(F)c2)C(=O)O1. The second-order valence-corrected chi connectivity index (χ2v) is 8.97. The van der Waals surface area contributed by atoms with Crippen molar-refractivity contribution < 1.29 is 28.4 Å². The highest BCUT2D eigenvalue weighted by Gasteiger charge is 2.32. The van der Waals surface area contributed by atoms with Crippen LogP contribution in [0.5, 0.6) is 0 Å². The van der Waals surface area contributed by atoms with Gasteiger partial charge < -0.3 is 20.7 Å². The van der Waals surface area contributed by atoms with Crippen molar-refractivity contribution in [1.29, 1.82) is 0 Å². The molecule has 0 bridgehead atoms. The Balaban J connectivity index is 1.34. The van der Waals surface area contributed by atoms with E-state index in [2.05, 4.69) is 20.9 Å². The molecule has 37 heavy (non-hydrogen) atoms. The van der Waals surface area contributed by atoms with Crippen LogP contribution in [-0.2, 0) is 14.3 Å². The Morgan fingerprint density at radius 2 is 2.03 bits per heavy atom. The third kappa shape index (κ3) is 6.35. The molecule has 12 nitrogen and oxygen atoms in total. The topological polar surface area (TPSA) is 156 Å². The van der Waals surface area contributed by atoms with Gasteiger partial charge in [-0.2, -0.15) is 0 Å². The third-order valence-electron chi connectivity index (χ3n) is 5.29. The van der Waals surface area contributed by atoms with Crippen molar-refractivity contribution in [3.05, 3.63) is 64.6 Å². The fourth-order valence-corrected chi connectivity index (χ4v) is 4.17. The summed E-state index contributed by atoms with van der Waals surface area (Å²) in [7, 11) is 0. The van der Waals surface area contributed by atoms with Gasteiger partial charge in [-0.25, -0.2) is 14.2 Å². The summed E-state index contributed by atoms with van der Waals surface area (Å²) in [5.41, 5.74) is 1.85. The maximum atomic E-state index is 14.9. The number of hydrogen-bond donors (Lipinski definition) is 3. The van der Waals surface area contributed by atoms with Gasteiger partial charge in [0.1, 0.15) is 18.1 Å². The van der Waals surface area contributed by atoms with Crippen molar-refractivity contribution in [2.24, 2.45) is 0 Å². The van der Waals surface area contributed by atoms with Crippen LogP contribution < -0.4 is 20.9 Å². The standard InChI is InChI=1S/C23H21FN6O6S/c1-13(31)25-9-17-12-29(23(33)36-17)16-6-7-18(19(24)8-16)14-2-4-15(5-3-14)26-10-20(32)28-22-27-11-21(37-22)30(34)35/h2-8,11,17,26H,9-10,12H2,1H3,(H,25,31)(H,27,28,32). The zero-order valence-electron chi connectivity index (χ0n) is 19.4. The second-order valence-electron chi connectivity index (χ2n) is 7.96. The van der Waals surface area contributed by atoms with Crippen molar-refractivity contribution in [2.45, 2.75) is 13.0 Å². The summed E-state index contributed by atoms with van der Waals surface area (Å²) in [6, 6.07) is 11.1. The van der Waals surface area contributed by atoms with E-state index in [-0.39, 0.29) is 35.7 Å². The monoisotopic (exact) mass is 528 g/mol. The fraction of sp³-hybridized carbons (Fsp3) is 0.217. The Kier molecular flexibility index (Phi) is 7.57. The van der Waals surface area contributed by atoms with Crippen LogP contribution in [-0.4, -0.2) is 53.6 Å². The molecular formula is C23H21FN6O6S. The molecule has 1 aliphatic rings. The minimum atomic E-state index is -0.616. The van der Waals surface area contributed by atoms with Crippen LogP contribution in [0.3, 0.4) is 0 Å². The van der Waals surface area contributed by atoms with Crippen LogP contribution in [0.25, 0.3) is 11.1 Å². The summed E-state index contributed by atoms with van der Waals surface area (Å²) in [6.45, 7) is 1.62. The molecule has 1 aromatic heterocycles. The molecule has 4 rings (SSSR count). The molecule has 1 unspecified atom stereocenters. The molecule has 0 radical (unpaired) electrons. The number of amides is 3. The van der Waals surface area contributed by atoms with E-state index in [0.717, 1.165) is 17.5 Å². The van der Waals surface area contributed by atoms with Crippen molar-refractivity contribution in [3.8, 4) is 11.1 Å². The van der Waals surface area contributed by atoms with Crippen molar-refractivity contribution in [3.63, 3.8) is 0 Å². The van der Waals surface area contributed by atoms with Crippen molar-refractivity contribution >= 4 is 50.8 Å². The first-order chi connectivity index (χ1) is 17.7. The minimum absolute atomic E-state index is 0.107. The van der Waals surface area contributed by atoms with Gasteiger partial charge in [-0.15, -0.1) is 0 Å². The first kappa shape index (κ1) is 25.5. The Morgan fingerprint density at radius 3 is 2.68 bits per heavy atom. The molecule has 0 spiro atoms. The number of aromatic nitrogens is 1.